The van der Waals surface area contributed by atoms with Crippen LogP contribution in [0.5, 0.6) is 0 Å². The van der Waals surface area contributed by atoms with E-state index in [9.17, 15) is 4.39 Å². The minimum atomic E-state index is -0.133. The van der Waals surface area contributed by atoms with E-state index in [0.29, 0.717) is 11.6 Å². The number of fused-ring (bicyclic) bond motifs is 1. The molecule has 0 aliphatic heterocycles. The molecule has 0 fully saturated rings. The van der Waals surface area contributed by atoms with Gasteiger partial charge in [-0.1, -0.05) is 30.3 Å². The van der Waals surface area contributed by atoms with Crippen LogP contribution in [0, 0.1) is 12.7 Å². The van der Waals surface area contributed by atoms with E-state index in [0.717, 1.165) is 24.0 Å². The van der Waals surface area contributed by atoms with Crippen molar-refractivity contribution in [3.8, 4) is 11.1 Å². The van der Waals surface area contributed by atoms with Gasteiger partial charge in [0.05, 0.1) is 0 Å². The van der Waals surface area contributed by atoms with Gasteiger partial charge in [-0.15, -0.1) is 0 Å². The van der Waals surface area contributed by atoms with Crippen molar-refractivity contribution in [1.29, 1.82) is 0 Å². The summed E-state index contributed by atoms with van der Waals surface area (Å²) in [5, 5.41) is 3.34. The van der Waals surface area contributed by atoms with Crippen LogP contribution in [-0.2, 0) is 6.42 Å². The summed E-state index contributed by atoms with van der Waals surface area (Å²) in [7, 11) is 2.00. The van der Waals surface area contributed by atoms with Crippen LogP contribution < -0.4 is 5.32 Å². The van der Waals surface area contributed by atoms with Crippen molar-refractivity contribution in [1.82, 2.24) is 5.32 Å². The van der Waals surface area contributed by atoms with E-state index in [1.165, 1.54) is 11.1 Å². The molecule has 1 N–H and O–H groups in total. The molecule has 2 heteroatoms. The fourth-order valence-electron chi connectivity index (χ4n) is 2.87. The molecule has 98 valence electrons. The Morgan fingerprint density at radius 2 is 1.84 bits per heavy atom. The molecule has 0 saturated heterocycles. The van der Waals surface area contributed by atoms with Crippen LogP contribution in [0.3, 0.4) is 0 Å². The Hall–Kier alpha value is -1.67. The predicted octanol–water partition coefficient (Wildman–Crippen LogP) is 4.01. The zero-order valence-electron chi connectivity index (χ0n) is 11.3. The summed E-state index contributed by atoms with van der Waals surface area (Å²) in [4.78, 5) is 0. The number of aryl methyl sites for hydroxylation is 2. The first-order valence-electron chi connectivity index (χ1n) is 6.75. The Kier molecular flexibility index (Phi) is 3.11. The minimum Gasteiger partial charge on any atom is -0.313 e. The van der Waals surface area contributed by atoms with Gasteiger partial charge in [0.15, 0.2) is 0 Å². The Morgan fingerprint density at radius 1 is 1.11 bits per heavy atom. The summed E-state index contributed by atoms with van der Waals surface area (Å²) in [6.45, 7) is 1.79. The lowest BCUT2D eigenvalue weighted by Crippen LogP contribution is -2.12. The number of hydrogen-bond acceptors (Lipinski definition) is 1. The second-order valence-corrected chi connectivity index (χ2v) is 5.26. The van der Waals surface area contributed by atoms with Crippen LogP contribution in [0.1, 0.15) is 29.2 Å². The molecule has 1 aliphatic rings. The van der Waals surface area contributed by atoms with Gasteiger partial charge in [-0.3, -0.25) is 0 Å². The number of hydrogen-bond donors (Lipinski definition) is 1. The first-order valence-corrected chi connectivity index (χ1v) is 6.75. The first-order chi connectivity index (χ1) is 9.19. The van der Waals surface area contributed by atoms with Crippen LogP contribution >= 0.6 is 0 Å². The lowest BCUT2D eigenvalue weighted by Gasteiger charge is -2.11. The van der Waals surface area contributed by atoms with E-state index in [2.05, 4.69) is 23.5 Å². The Morgan fingerprint density at radius 3 is 2.58 bits per heavy atom. The molecular formula is C17H18FN. The SMILES string of the molecule is CNC1CCc2cc(-c3ccc(C)c(F)c3)ccc21. The van der Waals surface area contributed by atoms with E-state index in [-0.39, 0.29) is 5.82 Å². The maximum atomic E-state index is 13.6. The average molecular weight is 255 g/mol. The molecule has 1 unspecified atom stereocenters. The topological polar surface area (TPSA) is 12.0 Å². The molecule has 1 aliphatic carbocycles. The molecule has 0 amide bonds. The van der Waals surface area contributed by atoms with E-state index >= 15 is 0 Å². The standard InChI is InChI=1S/C17H18FN/c1-11-3-4-13(10-16(11)18)12-5-7-15-14(9-12)6-8-17(15)19-2/h3-5,7,9-10,17,19H,6,8H2,1-2H3. The third kappa shape index (κ3) is 2.17. The minimum absolute atomic E-state index is 0.133. The van der Waals surface area contributed by atoms with Gasteiger partial charge in [0.1, 0.15) is 5.82 Å². The molecule has 2 aromatic rings. The van der Waals surface area contributed by atoms with E-state index in [1.807, 2.05) is 19.2 Å². The molecule has 0 heterocycles. The van der Waals surface area contributed by atoms with Crippen molar-refractivity contribution in [2.75, 3.05) is 7.05 Å². The van der Waals surface area contributed by atoms with E-state index < -0.39 is 0 Å². The van der Waals surface area contributed by atoms with Crippen LogP contribution in [0.2, 0.25) is 0 Å². The molecule has 0 saturated carbocycles. The number of benzene rings is 2. The van der Waals surface area contributed by atoms with Gasteiger partial charge in [-0.25, -0.2) is 4.39 Å². The van der Waals surface area contributed by atoms with Gasteiger partial charge in [-0.2, -0.15) is 0 Å². The third-order valence-electron chi connectivity index (χ3n) is 4.07. The van der Waals surface area contributed by atoms with Crippen molar-refractivity contribution in [3.63, 3.8) is 0 Å². The van der Waals surface area contributed by atoms with Gasteiger partial charge in [-0.05, 0) is 60.7 Å². The van der Waals surface area contributed by atoms with Gasteiger partial charge >= 0.3 is 0 Å². The molecule has 0 spiro atoms. The van der Waals surface area contributed by atoms with Crippen LogP contribution in [0.25, 0.3) is 11.1 Å². The zero-order valence-corrected chi connectivity index (χ0v) is 11.3. The van der Waals surface area contributed by atoms with Crippen molar-refractivity contribution in [2.45, 2.75) is 25.8 Å². The fourth-order valence-corrected chi connectivity index (χ4v) is 2.87. The Bertz CT molecular complexity index is 619. The smallest absolute Gasteiger partial charge is 0.126 e. The molecule has 3 rings (SSSR count). The highest BCUT2D eigenvalue weighted by molar-refractivity contribution is 5.66. The molecule has 1 atom stereocenters. The zero-order chi connectivity index (χ0) is 13.4. The molecule has 0 aromatic heterocycles. The normalized spacial score (nSPS) is 17.5. The van der Waals surface area contributed by atoms with Crippen LogP contribution in [0.15, 0.2) is 36.4 Å². The average Bonchev–Trinajstić information content (AvgIpc) is 2.84. The Balaban J connectivity index is 2.01. The first kappa shape index (κ1) is 12.4. The summed E-state index contributed by atoms with van der Waals surface area (Å²) >= 11 is 0. The molecule has 19 heavy (non-hydrogen) atoms. The Labute approximate surface area is 113 Å². The van der Waals surface area contributed by atoms with E-state index in [4.69, 9.17) is 0 Å². The summed E-state index contributed by atoms with van der Waals surface area (Å²) in [5.41, 5.74) is 5.53. The molecule has 0 bridgehead atoms. The second kappa shape index (κ2) is 4.78. The number of rotatable bonds is 2. The summed E-state index contributed by atoms with van der Waals surface area (Å²) in [6.07, 6.45) is 2.25. The van der Waals surface area contributed by atoms with Gasteiger partial charge < -0.3 is 5.32 Å². The quantitative estimate of drug-likeness (QED) is 0.855. The van der Waals surface area contributed by atoms with Crippen LogP contribution in [0.4, 0.5) is 4.39 Å². The van der Waals surface area contributed by atoms with Crippen molar-refractivity contribution in [2.24, 2.45) is 0 Å². The lowest BCUT2D eigenvalue weighted by molar-refractivity contribution is 0.590. The van der Waals surface area contributed by atoms with Crippen molar-refractivity contribution < 1.29 is 4.39 Å². The van der Waals surface area contributed by atoms with Gasteiger partial charge in [0, 0.05) is 6.04 Å². The molecule has 1 nitrogen and oxygen atoms in total. The fraction of sp³-hybridized carbons (Fsp3) is 0.294. The predicted molar refractivity (Wildman–Crippen MR) is 76.7 cm³/mol. The lowest BCUT2D eigenvalue weighted by atomic mass is 9.99. The number of nitrogens with one attached hydrogen (secondary N) is 1. The van der Waals surface area contributed by atoms with Crippen LogP contribution in [-0.4, -0.2) is 7.05 Å². The highest BCUT2D eigenvalue weighted by Gasteiger charge is 2.21. The van der Waals surface area contributed by atoms with Crippen molar-refractivity contribution in [3.05, 3.63) is 58.9 Å². The third-order valence-corrected chi connectivity index (χ3v) is 4.07. The molecule has 2 aromatic carbocycles. The summed E-state index contributed by atoms with van der Waals surface area (Å²) in [5.74, 6) is -0.133. The second-order valence-electron chi connectivity index (χ2n) is 5.26. The highest BCUT2D eigenvalue weighted by Crippen LogP contribution is 2.34. The monoisotopic (exact) mass is 255 g/mol. The number of halogens is 1. The van der Waals surface area contributed by atoms with Crippen molar-refractivity contribution >= 4 is 0 Å². The molecule has 0 radical (unpaired) electrons. The summed E-state index contributed by atoms with van der Waals surface area (Å²) in [6, 6.07) is 12.4. The van der Waals surface area contributed by atoms with E-state index in [1.54, 1.807) is 13.0 Å². The largest absolute Gasteiger partial charge is 0.313 e. The van der Waals surface area contributed by atoms with Gasteiger partial charge in [0.2, 0.25) is 0 Å². The maximum absolute atomic E-state index is 13.6. The summed E-state index contributed by atoms with van der Waals surface area (Å²) < 4.78 is 13.6. The molecular weight excluding hydrogens is 237 g/mol. The van der Waals surface area contributed by atoms with Gasteiger partial charge in [0.25, 0.3) is 0 Å². The highest BCUT2D eigenvalue weighted by atomic mass is 19.1. The maximum Gasteiger partial charge on any atom is 0.126 e.